The monoisotopic (exact) mass is 597 g/mol. The van der Waals surface area contributed by atoms with E-state index < -0.39 is 24.0 Å². The molecule has 1 aromatic carbocycles. The maximum Gasteiger partial charge on any atom is 0.490 e. The summed E-state index contributed by atoms with van der Waals surface area (Å²) in [6.07, 6.45) is -1.06. The third-order valence-corrected chi connectivity index (χ3v) is 7.47. The zero-order valence-electron chi connectivity index (χ0n) is 19.6. The van der Waals surface area contributed by atoms with Crippen LogP contribution in [-0.4, -0.2) is 70.7 Å². The highest BCUT2D eigenvalue weighted by Crippen LogP contribution is 2.37. The SMILES string of the molecule is NCC(CC(=O)O)C(=O)NC1CCN(C(=O)C=Cc2cc3ccsc3c(Cl)c2Cl)CC1.O=C(O)C(F)(F)F. The number of hydrogen-bond acceptors (Lipinski definition) is 6. The van der Waals surface area contributed by atoms with Crippen molar-refractivity contribution in [3.8, 4) is 0 Å². The Hall–Kier alpha value is -2.87. The van der Waals surface area contributed by atoms with E-state index in [0.717, 1.165) is 10.1 Å². The molecule has 1 saturated heterocycles. The number of hydrogen-bond donors (Lipinski definition) is 4. The zero-order chi connectivity index (χ0) is 28.6. The molecule has 1 atom stereocenters. The summed E-state index contributed by atoms with van der Waals surface area (Å²) in [6.45, 7) is 0.945. The van der Waals surface area contributed by atoms with Gasteiger partial charge in [0.15, 0.2) is 0 Å². The number of carboxylic acid groups (broad SMARTS) is 2. The van der Waals surface area contributed by atoms with Crippen LogP contribution >= 0.6 is 34.5 Å². The van der Waals surface area contributed by atoms with Crippen LogP contribution in [0.25, 0.3) is 16.2 Å². The van der Waals surface area contributed by atoms with Gasteiger partial charge in [-0.05, 0) is 47.4 Å². The van der Waals surface area contributed by atoms with Crippen molar-refractivity contribution in [1.82, 2.24) is 10.2 Å². The molecule has 15 heteroatoms. The summed E-state index contributed by atoms with van der Waals surface area (Å²) in [5, 5.41) is 22.7. The minimum atomic E-state index is -5.08. The largest absolute Gasteiger partial charge is 0.490 e. The van der Waals surface area contributed by atoms with Gasteiger partial charge in [0.05, 0.1) is 27.1 Å². The van der Waals surface area contributed by atoms with Crippen molar-refractivity contribution in [1.29, 1.82) is 0 Å². The summed E-state index contributed by atoms with van der Waals surface area (Å²) in [4.78, 5) is 46.2. The molecule has 3 rings (SSSR count). The summed E-state index contributed by atoms with van der Waals surface area (Å²) in [6, 6.07) is 3.74. The van der Waals surface area contributed by atoms with Crippen LogP contribution in [0.15, 0.2) is 23.6 Å². The van der Waals surface area contributed by atoms with Crippen molar-refractivity contribution in [2.45, 2.75) is 31.5 Å². The maximum absolute atomic E-state index is 12.6. The van der Waals surface area contributed by atoms with Crippen LogP contribution in [-0.2, 0) is 19.2 Å². The number of carbonyl (C=O) groups is 4. The van der Waals surface area contributed by atoms with Crippen LogP contribution in [0.4, 0.5) is 13.2 Å². The van der Waals surface area contributed by atoms with Crippen molar-refractivity contribution >= 4 is 74.5 Å². The molecule has 1 unspecified atom stereocenters. The molecule has 2 heterocycles. The van der Waals surface area contributed by atoms with Crippen LogP contribution in [0.1, 0.15) is 24.8 Å². The fourth-order valence-electron chi connectivity index (χ4n) is 3.51. The minimum absolute atomic E-state index is 0.0238. The van der Waals surface area contributed by atoms with E-state index in [1.165, 1.54) is 17.4 Å². The van der Waals surface area contributed by atoms with Gasteiger partial charge in [-0.2, -0.15) is 13.2 Å². The fourth-order valence-corrected chi connectivity index (χ4v) is 4.95. The summed E-state index contributed by atoms with van der Waals surface area (Å²) in [7, 11) is 0. The highest BCUT2D eigenvalue weighted by atomic mass is 35.5. The van der Waals surface area contributed by atoms with E-state index in [4.69, 9.17) is 43.9 Å². The average molecular weight is 598 g/mol. The minimum Gasteiger partial charge on any atom is -0.481 e. The summed E-state index contributed by atoms with van der Waals surface area (Å²) >= 11 is 14.2. The molecule has 1 aliphatic heterocycles. The number of benzene rings is 1. The number of nitrogens with two attached hydrogens (primary N) is 1. The number of fused-ring (bicyclic) bond motifs is 1. The van der Waals surface area contributed by atoms with Crippen molar-refractivity contribution in [2.75, 3.05) is 19.6 Å². The van der Waals surface area contributed by atoms with Gasteiger partial charge in [0.25, 0.3) is 0 Å². The van der Waals surface area contributed by atoms with Gasteiger partial charge >= 0.3 is 18.1 Å². The predicted octanol–water partition coefficient (Wildman–Crippen LogP) is 4.01. The molecule has 2 amide bonds. The van der Waals surface area contributed by atoms with Gasteiger partial charge in [0.2, 0.25) is 11.8 Å². The number of aliphatic carboxylic acids is 2. The maximum atomic E-state index is 12.6. The van der Waals surface area contributed by atoms with E-state index in [-0.39, 0.29) is 30.8 Å². The fraction of sp³-hybridized carbons (Fsp3) is 0.391. The number of nitrogens with one attached hydrogen (secondary N) is 1. The second-order valence-electron chi connectivity index (χ2n) is 8.21. The number of rotatable bonds is 7. The van der Waals surface area contributed by atoms with Crippen LogP contribution in [0.5, 0.6) is 0 Å². The average Bonchev–Trinajstić information content (AvgIpc) is 3.32. The van der Waals surface area contributed by atoms with Crippen LogP contribution < -0.4 is 11.1 Å². The van der Waals surface area contributed by atoms with Crippen molar-refractivity contribution in [2.24, 2.45) is 11.7 Å². The lowest BCUT2D eigenvalue weighted by molar-refractivity contribution is -0.192. The van der Waals surface area contributed by atoms with E-state index in [0.29, 0.717) is 41.5 Å². The second-order valence-corrected chi connectivity index (χ2v) is 9.88. The molecule has 5 N–H and O–H groups in total. The second kappa shape index (κ2) is 13.8. The molecule has 0 bridgehead atoms. The molecule has 2 aromatic rings. The van der Waals surface area contributed by atoms with Crippen LogP contribution in [0, 0.1) is 5.92 Å². The molecular formula is C23H24Cl2F3N3O6S. The van der Waals surface area contributed by atoms with E-state index in [2.05, 4.69) is 5.32 Å². The van der Waals surface area contributed by atoms with Gasteiger partial charge in [-0.15, -0.1) is 11.3 Å². The Morgan fingerprint density at radius 2 is 1.79 bits per heavy atom. The Kier molecular flexibility index (Phi) is 11.4. The topological polar surface area (TPSA) is 150 Å². The molecule has 0 radical (unpaired) electrons. The highest BCUT2D eigenvalue weighted by molar-refractivity contribution is 7.18. The Bertz CT molecular complexity index is 1210. The first-order chi connectivity index (χ1) is 17.7. The predicted molar refractivity (Wildman–Crippen MR) is 137 cm³/mol. The molecule has 1 aliphatic rings. The first kappa shape index (κ1) is 31.3. The third kappa shape index (κ3) is 8.86. The summed E-state index contributed by atoms with van der Waals surface area (Å²) in [5.41, 5.74) is 6.19. The number of likely N-dealkylation sites (tertiary alicyclic amines) is 1. The molecule has 0 saturated carbocycles. The van der Waals surface area contributed by atoms with E-state index in [9.17, 15) is 27.6 Å². The lowest BCUT2D eigenvalue weighted by atomic mass is 10.0. The first-order valence-corrected chi connectivity index (χ1v) is 12.7. The molecular weight excluding hydrogens is 574 g/mol. The van der Waals surface area contributed by atoms with Gasteiger partial charge in [0.1, 0.15) is 0 Å². The Morgan fingerprint density at radius 3 is 2.32 bits per heavy atom. The van der Waals surface area contributed by atoms with Crippen LogP contribution in [0.3, 0.4) is 0 Å². The van der Waals surface area contributed by atoms with Crippen molar-refractivity contribution in [3.05, 3.63) is 39.2 Å². The standard InChI is InChI=1S/C21H23Cl2N3O4S.C2HF3O2/c22-18-12(9-13-5-8-31-20(13)19(18)23)1-2-16(27)26-6-3-15(4-7-26)25-21(30)14(11-24)10-17(28)29;3-2(4,5)1(6)7/h1-2,5,8-9,14-15H,3-4,6-7,10-11,24H2,(H,25,30)(H,28,29);(H,6,7). The smallest absolute Gasteiger partial charge is 0.481 e. The zero-order valence-corrected chi connectivity index (χ0v) is 22.0. The number of carboxylic acids is 2. The number of carbonyl (C=O) groups excluding carboxylic acids is 2. The van der Waals surface area contributed by atoms with Gasteiger partial charge in [0, 0.05) is 31.8 Å². The third-order valence-electron chi connectivity index (χ3n) is 5.53. The van der Waals surface area contributed by atoms with Crippen molar-refractivity contribution < 1.29 is 42.6 Å². The Labute approximate surface area is 229 Å². The van der Waals surface area contributed by atoms with E-state index in [1.807, 2.05) is 17.5 Å². The van der Waals surface area contributed by atoms with Crippen molar-refractivity contribution in [3.63, 3.8) is 0 Å². The number of halogens is 5. The normalized spacial score (nSPS) is 15.2. The van der Waals surface area contributed by atoms with Gasteiger partial charge in [-0.3, -0.25) is 14.4 Å². The number of thiophene rings is 1. The molecule has 0 aliphatic carbocycles. The molecule has 38 heavy (non-hydrogen) atoms. The lowest BCUT2D eigenvalue weighted by Crippen LogP contribution is -2.48. The lowest BCUT2D eigenvalue weighted by Gasteiger charge is -2.32. The molecule has 1 fully saturated rings. The Balaban J connectivity index is 0.000000638. The number of alkyl halides is 3. The first-order valence-electron chi connectivity index (χ1n) is 11.1. The number of piperidine rings is 1. The molecule has 1 aromatic heterocycles. The number of nitrogens with zero attached hydrogens (tertiary/aromatic N) is 1. The summed E-state index contributed by atoms with van der Waals surface area (Å²) < 4.78 is 32.7. The molecule has 0 spiro atoms. The van der Waals surface area contributed by atoms with Gasteiger partial charge in [-0.25, -0.2) is 4.79 Å². The van der Waals surface area contributed by atoms with Crippen LogP contribution in [0.2, 0.25) is 10.0 Å². The molecule has 208 valence electrons. The van der Waals surface area contributed by atoms with E-state index in [1.54, 1.807) is 11.0 Å². The van der Waals surface area contributed by atoms with Gasteiger partial charge in [-0.1, -0.05) is 23.2 Å². The summed E-state index contributed by atoms with van der Waals surface area (Å²) in [5.74, 6) is -5.07. The Morgan fingerprint density at radius 1 is 1.18 bits per heavy atom. The number of amides is 2. The van der Waals surface area contributed by atoms with Gasteiger partial charge < -0.3 is 26.2 Å². The quantitative estimate of drug-likeness (QED) is 0.352. The van der Waals surface area contributed by atoms with E-state index >= 15 is 0 Å². The molecule has 9 nitrogen and oxygen atoms in total. The highest BCUT2D eigenvalue weighted by Gasteiger charge is 2.38.